The van der Waals surface area contributed by atoms with Gasteiger partial charge in [0.1, 0.15) is 5.75 Å². The Labute approximate surface area is 210 Å². The zero-order valence-electron chi connectivity index (χ0n) is 21.5. The fourth-order valence-electron chi connectivity index (χ4n) is 4.99. The third kappa shape index (κ3) is 5.86. The average Bonchev–Trinajstić information content (AvgIpc) is 3.11. The number of carbonyl (C=O) groups is 1. The molecule has 0 aliphatic heterocycles. The summed E-state index contributed by atoms with van der Waals surface area (Å²) in [4.78, 5) is 16.1. The Balaban J connectivity index is 1.68. The fraction of sp³-hybridized carbons (Fsp3) is 0.375. The predicted molar refractivity (Wildman–Crippen MR) is 145 cm³/mol. The van der Waals surface area contributed by atoms with Crippen LogP contribution in [0.2, 0.25) is 0 Å². The van der Waals surface area contributed by atoms with Crippen molar-refractivity contribution in [3.63, 3.8) is 0 Å². The molecule has 0 saturated heterocycles. The van der Waals surface area contributed by atoms with Crippen LogP contribution >= 0.6 is 0 Å². The van der Waals surface area contributed by atoms with Crippen LogP contribution in [0.1, 0.15) is 75.0 Å². The first kappa shape index (κ1) is 24.8. The fourth-order valence-corrected chi connectivity index (χ4v) is 4.99. The number of hydrogen-bond donors (Lipinski definition) is 0. The molecule has 35 heavy (non-hydrogen) atoms. The summed E-state index contributed by atoms with van der Waals surface area (Å²) in [6.45, 7) is 7.10. The van der Waals surface area contributed by atoms with Gasteiger partial charge in [-0.15, -0.1) is 5.73 Å². The number of hydrogen-bond acceptors (Lipinski definition) is 2. The molecule has 0 aromatic heterocycles. The molecule has 2 aliphatic rings. The van der Waals surface area contributed by atoms with Crippen molar-refractivity contribution < 1.29 is 9.53 Å². The summed E-state index contributed by atoms with van der Waals surface area (Å²) in [5, 5.41) is 0. The van der Waals surface area contributed by atoms with E-state index in [9.17, 15) is 4.79 Å². The summed E-state index contributed by atoms with van der Waals surface area (Å²) in [7, 11) is 1.69. The maximum atomic E-state index is 14.2. The minimum absolute atomic E-state index is 0.147. The number of allylic oxidation sites excluding steroid dienone is 3. The molecule has 2 aliphatic carbocycles. The molecule has 2 aromatic carbocycles. The van der Waals surface area contributed by atoms with Crippen LogP contribution in [0, 0.1) is 0 Å². The standard InChI is InChI=1S/C32H37NO2/c1-5-8-24-9-6-10-25(14-13-24)22-33(28-17-15-26(16-18-28)23(2)3)32(34)31-12-7-11-27-21-29(35-4)19-20-30(27)31/h9-10,13-21,23,31H,5,7-8,11-12,22H2,1-4H3. The topological polar surface area (TPSA) is 29.5 Å². The first-order valence-electron chi connectivity index (χ1n) is 12.9. The van der Waals surface area contributed by atoms with Crippen molar-refractivity contribution in [3.05, 3.63) is 100 Å². The van der Waals surface area contributed by atoms with Gasteiger partial charge in [-0.1, -0.05) is 57.5 Å². The first-order valence-corrected chi connectivity index (χ1v) is 12.9. The van der Waals surface area contributed by atoms with Gasteiger partial charge in [0.25, 0.3) is 0 Å². The van der Waals surface area contributed by atoms with E-state index < -0.39 is 0 Å². The highest BCUT2D eigenvalue weighted by molar-refractivity contribution is 5.99. The molecule has 0 fully saturated rings. The van der Waals surface area contributed by atoms with E-state index in [2.05, 4.69) is 81.1 Å². The Hall–Kier alpha value is -3.29. The summed E-state index contributed by atoms with van der Waals surface area (Å²) in [6.07, 6.45) is 13.4. The molecule has 1 atom stereocenters. The second-order valence-electron chi connectivity index (χ2n) is 9.87. The quantitative estimate of drug-likeness (QED) is 0.373. The Kier molecular flexibility index (Phi) is 8.10. The van der Waals surface area contributed by atoms with E-state index in [1.54, 1.807) is 7.11 Å². The van der Waals surface area contributed by atoms with Gasteiger partial charge >= 0.3 is 0 Å². The Morgan fingerprint density at radius 2 is 1.83 bits per heavy atom. The number of carbonyl (C=O) groups excluding carboxylic acids is 1. The highest BCUT2D eigenvalue weighted by Crippen LogP contribution is 2.36. The third-order valence-corrected chi connectivity index (χ3v) is 7.03. The Bertz CT molecular complexity index is 1180. The van der Waals surface area contributed by atoms with Gasteiger partial charge in [0.15, 0.2) is 0 Å². The number of rotatable bonds is 8. The van der Waals surface area contributed by atoms with Crippen molar-refractivity contribution in [2.75, 3.05) is 18.6 Å². The normalized spacial score (nSPS) is 16.9. The van der Waals surface area contributed by atoms with Crippen LogP contribution in [-0.4, -0.2) is 19.6 Å². The maximum absolute atomic E-state index is 14.2. The molecule has 0 saturated carbocycles. The van der Waals surface area contributed by atoms with E-state index >= 15 is 0 Å². The highest BCUT2D eigenvalue weighted by Gasteiger charge is 2.31. The van der Waals surface area contributed by atoms with Crippen LogP contribution in [-0.2, 0) is 11.2 Å². The molecular weight excluding hydrogens is 430 g/mol. The lowest BCUT2D eigenvalue weighted by molar-refractivity contribution is -0.120. The van der Waals surface area contributed by atoms with E-state index in [-0.39, 0.29) is 11.8 Å². The summed E-state index contributed by atoms with van der Waals surface area (Å²) in [6, 6.07) is 14.7. The van der Waals surface area contributed by atoms with Crippen molar-refractivity contribution >= 4 is 11.6 Å². The number of nitrogens with zero attached hydrogens (tertiary/aromatic N) is 1. The van der Waals surface area contributed by atoms with E-state index in [0.717, 1.165) is 54.7 Å². The number of benzene rings is 2. The number of amides is 1. The molecule has 0 radical (unpaired) electrons. The molecule has 0 heterocycles. The Morgan fingerprint density at radius 3 is 2.54 bits per heavy atom. The monoisotopic (exact) mass is 467 g/mol. The number of methoxy groups -OCH3 is 1. The average molecular weight is 468 g/mol. The van der Waals surface area contributed by atoms with E-state index in [4.69, 9.17) is 4.74 Å². The van der Waals surface area contributed by atoms with Gasteiger partial charge in [0, 0.05) is 5.69 Å². The van der Waals surface area contributed by atoms with Crippen molar-refractivity contribution in [1.82, 2.24) is 0 Å². The maximum Gasteiger partial charge on any atom is 0.234 e. The zero-order valence-corrected chi connectivity index (χ0v) is 21.5. The van der Waals surface area contributed by atoms with E-state index in [1.165, 1.54) is 16.7 Å². The van der Waals surface area contributed by atoms with Crippen molar-refractivity contribution in [1.29, 1.82) is 0 Å². The summed E-state index contributed by atoms with van der Waals surface area (Å²) in [5.41, 5.74) is 10.3. The zero-order chi connectivity index (χ0) is 24.8. The van der Waals surface area contributed by atoms with E-state index in [1.807, 2.05) is 17.0 Å². The molecule has 1 amide bonds. The highest BCUT2D eigenvalue weighted by atomic mass is 16.5. The van der Waals surface area contributed by atoms with Crippen LogP contribution in [0.5, 0.6) is 5.75 Å². The SMILES string of the molecule is CCCC1=CC=C(CN(C(=O)C2CCCc3cc(OC)ccc32)c2ccc(C(C)C)cc2)C=C=C1. The van der Waals surface area contributed by atoms with Gasteiger partial charge in [-0.05, 0) is 95.9 Å². The second kappa shape index (κ2) is 11.4. The number of aryl methyl sites for hydroxylation is 1. The molecule has 3 heteroatoms. The van der Waals surface area contributed by atoms with Crippen molar-refractivity contribution in [2.45, 2.75) is 64.7 Å². The molecular formula is C32H37NO2. The lowest BCUT2D eigenvalue weighted by Crippen LogP contribution is -2.37. The number of anilines is 1. The van der Waals surface area contributed by atoms with Gasteiger partial charge in [0.05, 0.1) is 19.6 Å². The van der Waals surface area contributed by atoms with Crippen molar-refractivity contribution in [2.24, 2.45) is 0 Å². The van der Waals surface area contributed by atoms with Gasteiger partial charge < -0.3 is 9.64 Å². The van der Waals surface area contributed by atoms with Crippen LogP contribution in [0.3, 0.4) is 0 Å². The lowest BCUT2D eigenvalue weighted by Gasteiger charge is -2.31. The molecule has 1 unspecified atom stereocenters. The minimum atomic E-state index is -0.147. The molecule has 0 spiro atoms. The molecule has 3 nitrogen and oxygen atoms in total. The predicted octanol–water partition coefficient (Wildman–Crippen LogP) is 7.65. The van der Waals surface area contributed by atoms with Gasteiger partial charge in [-0.2, -0.15) is 0 Å². The van der Waals surface area contributed by atoms with Crippen LogP contribution in [0.15, 0.2) is 83.6 Å². The minimum Gasteiger partial charge on any atom is -0.497 e. The van der Waals surface area contributed by atoms with E-state index in [0.29, 0.717) is 12.5 Å². The molecule has 0 bridgehead atoms. The first-order chi connectivity index (χ1) is 17.0. The van der Waals surface area contributed by atoms with Crippen LogP contribution < -0.4 is 9.64 Å². The van der Waals surface area contributed by atoms with Gasteiger partial charge in [-0.25, -0.2) is 0 Å². The Morgan fingerprint density at radius 1 is 1.09 bits per heavy atom. The summed E-state index contributed by atoms with van der Waals surface area (Å²) < 4.78 is 5.44. The van der Waals surface area contributed by atoms with Crippen LogP contribution in [0.25, 0.3) is 0 Å². The third-order valence-electron chi connectivity index (χ3n) is 7.03. The number of ether oxygens (including phenoxy) is 1. The largest absolute Gasteiger partial charge is 0.497 e. The summed E-state index contributed by atoms with van der Waals surface area (Å²) in [5.74, 6) is 1.32. The number of fused-ring (bicyclic) bond motifs is 1. The molecule has 2 aromatic rings. The van der Waals surface area contributed by atoms with Gasteiger partial charge in [-0.3, -0.25) is 4.79 Å². The lowest BCUT2D eigenvalue weighted by atomic mass is 9.81. The van der Waals surface area contributed by atoms with Crippen molar-refractivity contribution in [3.8, 4) is 5.75 Å². The smallest absolute Gasteiger partial charge is 0.234 e. The van der Waals surface area contributed by atoms with Gasteiger partial charge in [0.2, 0.25) is 5.91 Å². The molecule has 182 valence electrons. The molecule has 0 N–H and O–H groups in total. The summed E-state index contributed by atoms with van der Waals surface area (Å²) >= 11 is 0. The van der Waals surface area contributed by atoms with Crippen LogP contribution in [0.4, 0.5) is 5.69 Å². The molecule has 4 rings (SSSR count). The second-order valence-corrected chi connectivity index (χ2v) is 9.87.